The number of nitrogens with zero attached hydrogens (tertiary/aromatic N) is 5. The van der Waals surface area contributed by atoms with Crippen LogP contribution in [-0.2, 0) is 0 Å². The van der Waals surface area contributed by atoms with Crippen LogP contribution in [0, 0.1) is 0 Å². The van der Waals surface area contributed by atoms with Gasteiger partial charge >= 0.3 is 0 Å². The quantitative estimate of drug-likeness (QED) is 0.188. The standard InChI is InChI=1S/C44H25N5O2/c1-4-16-34-29(10-1)30-11-2-5-17-35(30)49(34)44-47-41(46-42(48-44)32-14-8-19-37-40(32)31-12-3-6-18-36(31)50-37)27-23-21-26(22-24-27)28-13-7-20-38-39(28)33-15-9-25-45-43(33)51-38/h1-25H. The van der Waals surface area contributed by atoms with Crippen LogP contribution in [0.2, 0.25) is 0 Å². The van der Waals surface area contributed by atoms with Gasteiger partial charge in [-0.25, -0.2) is 9.97 Å². The van der Waals surface area contributed by atoms with Gasteiger partial charge in [0.25, 0.3) is 0 Å². The summed E-state index contributed by atoms with van der Waals surface area (Å²) in [4.78, 5) is 20.0. The molecule has 0 amide bonds. The molecule has 0 aliphatic carbocycles. The summed E-state index contributed by atoms with van der Waals surface area (Å²) in [5.41, 5.74) is 8.99. The van der Waals surface area contributed by atoms with Crippen LogP contribution in [-0.4, -0.2) is 24.5 Å². The first-order chi connectivity index (χ1) is 25.3. The van der Waals surface area contributed by atoms with Crippen molar-refractivity contribution >= 4 is 65.8 Å². The average molecular weight is 656 g/mol. The van der Waals surface area contributed by atoms with Crippen LogP contribution in [0.1, 0.15) is 0 Å². The molecule has 0 saturated carbocycles. The van der Waals surface area contributed by atoms with Crippen LogP contribution in [0.4, 0.5) is 0 Å². The van der Waals surface area contributed by atoms with E-state index in [0.717, 1.165) is 82.4 Å². The number of hydrogen-bond donors (Lipinski definition) is 0. The smallest absolute Gasteiger partial charge is 0.238 e. The Labute approximate surface area is 290 Å². The summed E-state index contributed by atoms with van der Waals surface area (Å²) in [6, 6.07) is 49.4. The summed E-state index contributed by atoms with van der Waals surface area (Å²) < 4.78 is 14.5. The molecule has 11 aromatic rings. The molecular formula is C44H25N5O2. The van der Waals surface area contributed by atoms with Crippen LogP contribution in [0.3, 0.4) is 0 Å². The van der Waals surface area contributed by atoms with E-state index < -0.39 is 0 Å². The molecular weight excluding hydrogens is 631 g/mol. The van der Waals surface area contributed by atoms with E-state index in [1.165, 1.54) is 0 Å². The molecule has 51 heavy (non-hydrogen) atoms. The number of furan rings is 2. The molecule has 0 fully saturated rings. The summed E-state index contributed by atoms with van der Waals surface area (Å²) in [6.45, 7) is 0. The van der Waals surface area contributed by atoms with Gasteiger partial charge in [-0.1, -0.05) is 103 Å². The van der Waals surface area contributed by atoms with Crippen molar-refractivity contribution in [2.24, 2.45) is 0 Å². The Kier molecular flexibility index (Phi) is 5.83. The first kappa shape index (κ1) is 27.8. The number of hydrogen-bond acceptors (Lipinski definition) is 6. The van der Waals surface area contributed by atoms with Gasteiger partial charge < -0.3 is 8.83 Å². The summed E-state index contributed by atoms with van der Waals surface area (Å²) in [5, 5.41) is 6.31. The predicted octanol–water partition coefficient (Wildman–Crippen LogP) is 11.2. The van der Waals surface area contributed by atoms with Crippen molar-refractivity contribution in [1.82, 2.24) is 24.5 Å². The fraction of sp³-hybridized carbons (Fsp3) is 0. The minimum absolute atomic E-state index is 0.545. The highest BCUT2D eigenvalue weighted by Gasteiger charge is 2.20. The van der Waals surface area contributed by atoms with Crippen molar-refractivity contribution < 1.29 is 8.83 Å². The fourth-order valence-corrected chi connectivity index (χ4v) is 7.51. The second-order valence-electron chi connectivity index (χ2n) is 12.6. The maximum Gasteiger partial charge on any atom is 0.238 e. The third-order valence-corrected chi connectivity index (χ3v) is 9.77. The number of fused-ring (bicyclic) bond motifs is 9. The van der Waals surface area contributed by atoms with Crippen molar-refractivity contribution in [2.75, 3.05) is 0 Å². The maximum atomic E-state index is 6.27. The van der Waals surface area contributed by atoms with Gasteiger partial charge in [0.05, 0.1) is 11.0 Å². The molecule has 0 saturated heterocycles. The van der Waals surface area contributed by atoms with Gasteiger partial charge in [0.15, 0.2) is 11.6 Å². The Balaban J connectivity index is 1.14. The number of aromatic nitrogens is 5. The Bertz CT molecular complexity index is 3100. The van der Waals surface area contributed by atoms with Gasteiger partial charge in [0.1, 0.15) is 16.7 Å². The lowest BCUT2D eigenvalue weighted by Crippen LogP contribution is -2.06. The molecule has 5 heterocycles. The molecule has 0 atom stereocenters. The average Bonchev–Trinajstić information content (AvgIpc) is 3.87. The van der Waals surface area contributed by atoms with E-state index in [0.29, 0.717) is 23.3 Å². The van der Waals surface area contributed by atoms with E-state index >= 15 is 0 Å². The fourth-order valence-electron chi connectivity index (χ4n) is 7.51. The minimum atomic E-state index is 0.545. The summed E-state index contributed by atoms with van der Waals surface area (Å²) in [7, 11) is 0. The molecule has 7 nitrogen and oxygen atoms in total. The zero-order valence-corrected chi connectivity index (χ0v) is 27.0. The lowest BCUT2D eigenvalue weighted by molar-refractivity contribution is 0.654. The van der Waals surface area contributed by atoms with Crippen LogP contribution in [0.25, 0.3) is 106 Å². The van der Waals surface area contributed by atoms with Crippen molar-refractivity contribution in [1.29, 1.82) is 0 Å². The zero-order valence-electron chi connectivity index (χ0n) is 27.0. The van der Waals surface area contributed by atoms with E-state index in [1.807, 2.05) is 48.5 Å². The lowest BCUT2D eigenvalue weighted by atomic mass is 9.99. The second-order valence-corrected chi connectivity index (χ2v) is 12.6. The van der Waals surface area contributed by atoms with E-state index in [2.05, 4.69) is 107 Å². The molecule has 0 N–H and O–H groups in total. The Morgan fingerprint density at radius 1 is 0.412 bits per heavy atom. The third-order valence-electron chi connectivity index (χ3n) is 9.77. The Morgan fingerprint density at radius 2 is 1.00 bits per heavy atom. The highest BCUT2D eigenvalue weighted by Crippen LogP contribution is 2.39. The number of rotatable bonds is 4. The second kappa shape index (κ2) is 10.7. The first-order valence-electron chi connectivity index (χ1n) is 16.8. The highest BCUT2D eigenvalue weighted by molar-refractivity contribution is 6.13. The van der Waals surface area contributed by atoms with Gasteiger partial charge in [-0.2, -0.15) is 9.97 Å². The van der Waals surface area contributed by atoms with Gasteiger partial charge in [-0.3, -0.25) is 4.57 Å². The largest absolute Gasteiger partial charge is 0.456 e. The maximum absolute atomic E-state index is 6.27. The summed E-state index contributed by atoms with van der Waals surface area (Å²) >= 11 is 0. The molecule has 7 heteroatoms. The molecule has 11 rings (SSSR count). The van der Waals surface area contributed by atoms with Crippen LogP contribution in [0.15, 0.2) is 161 Å². The van der Waals surface area contributed by atoms with Crippen molar-refractivity contribution in [2.45, 2.75) is 0 Å². The Morgan fingerprint density at radius 3 is 1.78 bits per heavy atom. The zero-order chi connectivity index (χ0) is 33.5. The molecule has 0 aliphatic heterocycles. The number of para-hydroxylation sites is 3. The van der Waals surface area contributed by atoms with E-state index in [-0.39, 0.29) is 0 Å². The first-order valence-corrected chi connectivity index (χ1v) is 16.8. The Hall–Kier alpha value is -7.12. The van der Waals surface area contributed by atoms with E-state index in [4.69, 9.17) is 23.8 Å². The number of benzene rings is 6. The molecule has 0 bridgehead atoms. The van der Waals surface area contributed by atoms with Gasteiger partial charge in [-0.15, -0.1) is 0 Å². The summed E-state index contributed by atoms with van der Waals surface area (Å²) in [6.07, 6.45) is 1.76. The van der Waals surface area contributed by atoms with Gasteiger partial charge in [0, 0.05) is 49.6 Å². The van der Waals surface area contributed by atoms with Crippen LogP contribution < -0.4 is 0 Å². The topological polar surface area (TPSA) is 82.8 Å². The SMILES string of the molecule is c1ccc2c(c1)oc1cccc(-c3nc(-c4ccc(-c5cccc6oc7ncccc7c56)cc4)nc(-n4c5ccccc5c5ccccc54)n3)c12. The molecule has 238 valence electrons. The molecule has 6 aromatic carbocycles. The molecule has 0 aliphatic rings. The van der Waals surface area contributed by atoms with Gasteiger partial charge in [0.2, 0.25) is 11.7 Å². The van der Waals surface area contributed by atoms with Crippen LogP contribution >= 0.6 is 0 Å². The molecule has 5 aromatic heterocycles. The highest BCUT2D eigenvalue weighted by atomic mass is 16.3. The van der Waals surface area contributed by atoms with E-state index in [9.17, 15) is 0 Å². The summed E-state index contributed by atoms with van der Waals surface area (Å²) in [5.74, 6) is 1.69. The molecule has 0 unspecified atom stereocenters. The third kappa shape index (κ3) is 4.18. The van der Waals surface area contributed by atoms with E-state index in [1.54, 1.807) is 6.20 Å². The lowest BCUT2D eigenvalue weighted by Gasteiger charge is -2.12. The monoisotopic (exact) mass is 655 g/mol. The van der Waals surface area contributed by atoms with Gasteiger partial charge in [-0.05, 0) is 53.6 Å². The normalized spacial score (nSPS) is 11.9. The minimum Gasteiger partial charge on any atom is -0.456 e. The van der Waals surface area contributed by atoms with Crippen LogP contribution in [0.5, 0.6) is 0 Å². The van der Waals surface area contributed by atoms with Crippen molar-refractivity contribution in [3.8, 4) is 39.9 Å². The molecule has 0 spiro atoms. The predicted molar refractivity (Wildman–Crippen MR) is 203 cm³/mol. The number of pyridine rings is 1. The van der Waals surface area contributed by atoms with Crippen molar-refractivity contribution in [3.63, 3.8) is 0 Å². The van der Waals surface area contributed by atoms with Crippen molar-refractivity contribution in [3.05, 3.63) is 152 Å². The molecule has 0 radical (unpaired) electrons.